The Morgan fingerprint density at radius 2 is 2.06 bits per heavy atom. The van der Waals surface area contributed by atoms with Crippen LogP contribution >= 0.6 is 11.6 Å². The van der Waals surface area contributed by atoms with Gasteiger partial charge in [0.25, 0.3) is 6.47 Å². The molecule has 3 N–H and O–H groups in total. The summed E-state index contributed by atoms with van der Waals surface area (Å²) in [6, 6.07) is 4.16. The molecule has 4 nitrogen and oxygen atoms in total. The molecule has 0 amide bonds. The van der Waals surface area contributed by atoms with Crippen molar-refractivity contribution in [2.45, 2.75) is 26.4 Å². The topological polar surface area (TPSA) is 64.3 Å². The van der Waals surface area contributed by atoms with Gasteiger partial charge >= 0.3 is 0 Å². The molecule has 0 saturated heterocycles. The van der Waals surface area contributed by atoms with Crippen molar-refractivity contribution in [2.75, 3.05) is 5.43 Å². The summed E-state index contributed by atoms with van der Waals surface area (Å²) < 4.78 is 17.0. The third-order valence-corrected chi connectivity index (χ3v) is 1.78. The van der Waals surface area contributed by atoms with Gasteiger partial charge in [-0.25, -0.2) is 4.39 Å². The van der Waals surface area contributed by atoms with E-state index in [4.69, 9.17) is 17.4 Å². The fraction of sp³-hybridized carbons (Fsp3) is 0.364. The summed E-state index contributed by atoms with van der Waals surface area (Å²) in [6.45, 7) is 5.92. The highest BCUT2D eigenvalue weighted by Crippen LogP contribution is 2.18. The van der Waals surface area contributed by atoms with Crippen molar-refractivity contribution in [2.24, 2.45) is 5.84 Å². The van der Waals surface area contributed by atoms with Crippen LogP contribution in [0.5, 0.6) is 0 Å². The Labute approximate surface area is 105 Å². The van der Waals surface area contributed by atoms with Crippen molar-refractivity contribution in [3.63, 3.8) is 0 Å². The summed E-state index contributed by atoms with van der Waals surface area (Å²) in [5, 5.41) is 0.0652. The van der Waals surface area contributed by atoms with Crippen LogP contribution in [0.3, 0.4) is 0 Å². The monoisotopic (exact) mass is 262 g/mol. The van der Waals surface area contributed by atoms with E-state index in [9.17, 15) is 9.18 Å². The van der Waals surface area contributed by atoms with Crippen LogP contribution in [-0.2, 0) is 9.53 Å². The van der Waals surface area contributed by atoms with Gasteiger partial charge in [0.1, 0.15) is 11.4 Å². The number of rotatable bonds is 2. The average molecular weight is 263 g/mol. The summed E-state index contributed by atoms with van der Waals surface area (Å²) in [5.74, 6) is 4.59. The lowest BCUT2D eigenvalue weighted by atomic mass is 10.2. The molecule has 0 aromatic heterocycles. The number of nitrogen functional groups attached to an aromatic ring is 1. The average Bonchev–Trinajstić information content (AvgIpc) is 2.21. The number of hydrazine groups is 1. The van der Waals surface area contributed by atoms with Crippen LogP contribution in [0, 0.1) is 5.82 Å². The van der Waals surface area contributed by atoms with Crippen molar-refractivity contribution < 1.29 is 13.9 Å². The summed E-state index contributed by atoms with van der Waals surface area (Å²) in [7, 11) is 0. The van der Waals surface area contributed by atoms with Crippen molar-refractivity contribution in [1.82, 2.24) is 0 Å². The zero-order valence-electron chi connectivity index (χ0n) is 9.96. The van der Waals surface area contributed by atoms with E-state index in [1.54, 1.807) is 0 Å². The van der Waals surface area contributed by atoms with Gasteiger partial charge in [-0.2, -0.15) is 0 Å². The van der Waals surface area contributed by atoms with E-state index in [1.807, 2.05) is 20.8 Å². The molecule has 96 valence electrons. The molecule has 0 atom stereocenters. The Kier molecular flexibility index (Phi) is 6.53. The number of carbonyl (C=O) groups is 1. The molecule has 0 bridgehead atoms. The van der Waals surface area contributed by atoms with Gasteiger partial charge < -0.3 is 10.2 Å². The maximum Gasteiger partial charge on any atom is 0.293 e. The van der Waals surface area contributed by atoms with Gasteiger partial charge in [0.05, 0.1) is 10.7 Å². The SMILES string of the molecule is CC(C)(C)OC=O.NNc1ccc(F)c(Cl)c1. The Morgan fingerprint density at radius 1 is 1.47 bits per heavy atom. The van der Waals surface area contributed by atoms with E-state index < -0.39 is 5.82 Å². The third-order valence-electron chi connectivity index (χ3n) is 1.49. The maximum absolute atomic E-state index is 12.4. The molecule has 0 fully saturated rings. The second-order valence-corrected chi connectivity index (χ2v) is 4.51. The second-order valence-electron chi connectivity index (χ2n) is 4.10. The van der Waals surface area contributed by atoms with E-state index in [0.29, 0.717) is 12.2 Å². The van der Waals surface area contributed by atoms with Crippen LogP contribution < -0.4 is 11.3 Å². The molecule has 0 aliphatic carbocycles. The zero-order valence-corrected chi connectivity index (χ0v) is 10.7. The molecular formula is C11H16ClFN2O2. The highest BCUT2D eigenvalue weighted by atomic mass is 35.5. The molecule has 0 radical (unpaired) electrons. The number of anilines is 1. The molecule has 0 saturated carbocycles. The van der Waals surface area contributed by atoms with E-state index in [0.717, 1.165) is 0 Å². The van der Waals surface area contributed by atoms with Crippen LogP contribution in [0.2, 0.25) is 5.02 Å². The van der Waals surface area contributed by atoms with Crippen molar-refractivity contribution in [3.8, 4) is 0 Å². The van der Waals surface area contributed by atoms with Crippen LogP contribution in [0.4, 0.5) is 10.1 Å². The first kappa shape index (κ1) is 15.7. The Balaban J connectivity index is 0.000000325. The van der Waals surface area contributed by atoms with Crippen LogP contribution in [-0.4, -0.2) is 12.1 Å². The van der Waals surface area contributed by atoms with Crippen molar-refractivity contribution in [3.05, 3.63) is 29.0 Å². The second kappa shape index (κ2) is 7.09. The van der Waals surface area contributed by atoms with Crippen LogP contribution in [0.15, 0.2) is 18.2 Å². The minimum atomic E-state index is -0.444. The lowest BCUT2D eigenvalue weighted by Crippen LogP contribution is -2.17. The van der Waals surface area contributed by atoms with Gasteiger partial charge in [0.15, 0.2) is 0 Å². The third kappa shape index (κ3) is 7.54. The molecule has 1 aromatic carbocycles. The largest absolute Gasteiger partial charge is 0.462 e. The molecular weight excluding hydrogens is 247 g/mol. The molecule has 1 rings (SSSR count). The molecule has 1 aromatic rings. The van der Waals surface area contributed by atoms with Crippen LogP contribution in [0.1, 0.15) is 20.8 Å². The maximum atomic E-state index is 12.4. The first-order chi connectivity index (χ1) is 7.80. The molecule has 0 aliphatic heterocycles. The van der Waals surface area contributed by atoms with Gasteiger partial charge in [-0.1, -0.05) is 11.6 Å². The predicted molar refractivity (Wildman–Crippen MR) is 66.1 cm³/mol. The highest BCUT2D eigenvalue weighted by Gasteiger charge is 2.07. The van der Waals surface area contributed by atoms with Gasteiger partial charge in [-0.15, -0.1) is 0 Å². The number of benzene rings is 1. The predicted octanol–water partition coefficient (Wildman–Crippen LogP) is 2.72. The van der Waals surface area contributed by atoms with Gasteiger partial charge in [-0.3, -0.25) is 10.6 Å². The molecule has 0 spiro atoms. The zero-order chi connectivity index (χ0) is 13.5. The van der Waals surface area contributed by atoms with Gasteiger partial charge in [-0.05, 0) is 39.0 Å². The number of nitrogens with two attached hydrogens (primary N) is 1. The molecule has 0 aliphatic rings. The molecule has 0 unspecified atom stereocenters. The minimum Gasteiger partial charge on any atom is -0.462 e. The normalized spacial score (nSPS) is 10.0. The van der Waals surface area contributed by atoms with E-state index in [1.165, 1.54) is 18.2 Å². The molecule has 17 heavy (non-hydrogen) atoms. The number of carbonyl (C=O) groups excluding carboxylic acids is 1. The Morgan fingerprint density at radius 3 is 2.35 bits per heavy atom. The van der Waals surface area contributed by atoms with Crippen molar-refractivity contribution >= 4 is 23.8 Å². The molecule has 0 heterocycles. The lowest BCUT2D eigenvalue weighted by molar-refractivity contribution is -0.138. The number of ether oxygens (including phenoxy) is 1. The Bertz CT molecular complexity index is 367. The van der Waals surface area contributed by atoms with E-state index in [2.05, 4.69) is 10.2 Å². The van der Waals surface area contributed by atoms with Crippen LogP contribution in [0.25, 0.3) is 0 Å². The number of hydrogen-bond donors (Lipinski definition) is 2. The summed E-state index contributed by atoms with van der Waals surface area (Å²) in [5.41, 5.74) is 2.62. The first-order valence-electron chi connectivity index (χ1n) is 4.83. The fourth-order valence-electron chi connectivity index (χ4n) is 0.730. The number of halogens is 2. The quantitative estimate of drug-likeness (QED) is 0.489. The van der Waals surface area contributed by atoms with E-state index in [-0.39, 0.29) is 10.6 Å². The van der Waals surface area contributed by atoms with Gasteiger partial charge in [0.2, 0.25) is 0 Å². The highest BCUT2D eigenvalue weighted by molar-refractivity contribution is 6.31. The number of nitrogens with one attached hydrogen (secondary N) is 1. The Hall–Kier alpha value is -1.33. The standard InChI is InChI=1S/C6H6ClFN2.C5H10O2/c7-5-3-4(10-9)1-2-6(5)8;1-5(2,3)7-4-6/h1-3,10H,9H2;4H,1-3H3. The first-order valence-corrected chi connectivity index (χ1v) is 5.21. The van der Waals surface area contributed by atoms with Crippen molar-refractivity contribution in [1.29, 1.82) is 0 Å². The summed E-state index contributed by atoms with van der Waals surface area (Å²) in [4.78, 5) is 9.60. The minimum absolute atomic E-state index is 0.0652. The molecule has 6 heteroatoms. The fourth-order valence-corrected chi connectivity index (χ4v) is 0.911. The summed E-state index contributed by atoms with van der Waals surface area (Å²) in [6.07, 6.45) is 0. The lowest BCUT2D eigenvalue weighted by Gasteiger charge is -2.14. The summed E-state index contributed by atoms with van der Waals surface area (Å²) >= 11 is 5.42. The van der Waals surface area contributed by atoms with E-state index >= 15 is 0 Å². The van der Waals surface area contributed by atoms with Gasteiger partial charge in [0, 0.05) is 0 Å². The number of hydrogen-bond acceptors (Lipinski definition) is 4. The smallest absolute Gasteiger partial charge is 0.293 e.